The topological polar surface area (TPSA) is 83.7 Å². The zero-order valence-electron chi connectivity index (χ0n) is 28.6. The van der Waals surface area contributed by atoms with Crippen molar-refractivity contribution in [2.75, 3.05) is 33.2 Å². The molecule has 2 aliphatic heterocycles. The van der Waals surface area contributed by atoms with Gasteiger partial charge in [0.25, 0.3) is 0 Å². The number of carboxylic acids is 1. The second-order valence-electron chi connectivity index (χ2n) is 14.6. The molecule has 0 bridgehead atoms. The standard InChI is InChI=1S/C38H44ClN5O3S/c1-22-19-29-35(32(23-7-10-26(39)11-8-23)31(22)34(37(45)46)47-38(2,3)4)48-36(40-29)25-9-12-30-28(20-25)33(41-43(30)6)24-13-17-44(18-14-24)27-15-16-42(5)21-27/h7-12,19-20,24,27,34H,13-18,21H2,1-6H3,(H,45,46)/t27-,34?/m0/s1. The predicted molar refractivity (Wildman–Crippen MR) is 195 cm³/mol. The number of halogens is 1. The first-order valence-electron chi connectivity index (χ1n) is 16.9. The van der Waals surface area contributed by atoms with Crippen LogP contribution >= 0.6 is 22.9 Å². The molecule has 48 heavy (non-hydrogen) atoms. The zero-order valence-corrected chi connectivity index (χ0v) is 30.2. The molecule has 3 aromatic carbocycles. The summed E-state index contributed by atoms with van der Waals surface area (Å²) >= 11 is 7.88. The van der Waals surface area contributed by atoms with Gasteiger partial charge in [0.05, 0.1) is 27.0 Å². The van der Waals surface area contributed by atoms with Gasteiger partial charge in [-0.1, -0.05) is 23.7 Å². The van der Waals surface area contributed by atoms with Crippen LogP contribution in [0.25, 0.3) is 42.8 Å². The molecule has 0 radical (unpaired) electrons. The number of aryl methyl sites for hydroxylation is 2. The summed E-state index contributed by atoms with van der Waals surface area (Å²) in [6.45, 7) is 12.2. The van der Waals surface area contributed by atoms with Crippen LogP contribution in [0.1, 0.15) is 68.9 Å². The fraction of sp³-hybridized carbons (Fsp3) is 0.447. The monoisotopic (exact) mass is 685 g/mol. The van der Waals surface area contributed by atoms with Crippen LogP contribution in [0.4, 0.5) is 0 Å². The van der Waals surface area contributed by atoms with Crippen molar-refractivity contribution < 1.29 is 14.6 Å². The number of fused-ring (bicyclic) bond motifs is 2. The Bertz CT molecular complexity index is 1990. The van der Waals surface area contributed by atoms with Crippen molar-refractivity contribution in [2.45, 2.75) is 70.6 Å². The molecule has 0 amide bonds. The molecule has 2 aliphatic rings. The Morgan fingerprint density at radius 2 is 1.73 bits per heavy atom. The summed E-state index contributed by atoms with van der Waals surface area (Å²) in [5.74, 6) is -0.601. The lowest BCUT2D eigenvalue weighted by molar-refractivity contribution is -0.160. The lowest BCUT2D eigenvalue weighted by Gasteiger charge is -2.35. The molecule has 0 aliphatic carbocycles. The lowest BCUT2D eigenvalue weighted by Crippen LogP contribution is -2.42. The highest BCUT2D eigenvalue weighted by Crippen LogP contribution is 2.45. The fourth-order valence-corrected chi connectivity index (χ4v) is 8.88. The van der Waals surface area contributed by atoms with Crippen LogP contribution in [-0.2, 0) is 16.6 Å². The predicted octanol–water partition coefficient (Wildman–Crippen LogP) is 8.30. The highest BCUT2D eigenvalue weighted by molar-refractivity contribution is 7.22. The molecule has 5 aromatic rings. The highest BCUT2D eigenvalue weighted by Gasteiger charge is 2.33. The van der Waals surface area contributed by atoms with E-state index in [1.807, 2.05) is 69.8 Å². The quantitative estimate of drug-likeness (QED) is 0.185. The van der Waals surface area contributed by atoms with Crippen molar-refractivity contribution in [1.82, 2.24) is 24.6 Å². The number of thiazole rings is 1. The Kier molecular flexibility index (Phi) is 8.87. The number of benzene rings is 3. The molecule has 8 nitrogen and oxygen atoms in total. The van der Waals surface area contributed by atoms with Crippen molar-refractivity contribution >= 4 is 50.0 Å². The summed E-state index contributed by atoms with van der Waals surface area (Å²) in [5, 5.41) is 18.2. The van der Waals surface area contributed by atoms with E-state index in [1.54, 1.807) is 11.3 Å². The van der Waals surface area contributed by atoms with Crippen LogP contribution in [0.5, 0.6) is 0 Å². The number of rotatable bonds is 7. The average Bonchev–Trinajstić information content (AvgIpc) is 3.76. The van der Waals surface area contributed by atoms with Gasteiger partial charge in [-0.05, 0) is 121 Å². The number of ether oxygens (including phenoxy) is 1. The summed E-state index contributed by atoms with van der Waals surface area (Å²) in [7, 11) is 4.26. The molecule has 4 heterocycles. The molecule has 1 N–H and O–H groups in total. The fourth-order valence-electron chi connectivity index (χ4n) is 7.64. The maximum atomic E-state index is 12.7. The number of piperidine rings is 1. The molecule has 2 atom stereocenters. The summed E-state index contributed by atoms with van der Waals surface area (Å²) in [5.41, 5.74) is 6.67. The summed E-state index contributed by atoms with van der Waals surface area (Å²) in [6, 6.07) is 16.8. The molecule has 0 saturated carbocycles. The van der Waals surface area contributed by atoms with E-state index in [9.17, 15) is 9.90 Å². The molecule has 0 spiro atoms. The first kappa shape index (κ1) is 33.2. The van der Waals surface area contributed by atoms with E-state index in [4.69, 9.17) is 26.4 Å². The van der Waals surface area contributed by atoms with E-state index in [0.29, 0.717) is 22.5 Å². The van der Waals surface area contributed by atoms with Crippen molar-refractivity contribution in [3.63, 3.8) is 0 Å². The van der Waals surface area contributed by atoms with Crippen LogP contribution in [-0.4, -0.2) is 80.5 Å². The largest absolute Gasteiger partial charge is 0.479 e. The van der Waals surface area contributed by atoms with Crippen molar-refractivity contribution in [3.05, 3.63) is 70.4 Å². The highest BCUT2D eigenvalue weighted by atomic mass is 35.5. The van der Waals surface area contributed by atoms with Gasteiger partial charge < -0.3 is 14.7 Å². The van der Waals surface area contributed by atoms with Crippen LogP contribution < -0.4 is 0 Å². The Hall–Kier alpha value is -3.34. The first-order valence-corrected chi connectivity index (χ1v) is 18.1. The van der Waals surface area contributed by atoms with E-state index >= 15 is 0 Å². The van der Waals surface area contributed by atoms with E-state index in [-0.39, 0.29) is 0 Å². The van der Waals surface area contributed by atoms with Gasteiger partial charge in [-0.3, -0.25) is 9.58 Å². The van der Waals surface area contributed by atoms with Crippen LogP contribution in [0, 0.1) is 6.92 Å². The molecular formula is C38H44ClN5O3S. The number of likely N-dealkylation sites (N-methyl/N-ethyl adjacent to an activating group) is 1. The first-order chi connectivity index (χ1) is 22.9. The number of carbonyl (C=O) groups is 1. The van der Waals surface area contributed by atoms with Crippen molar-refractivity contribution in [2.24, 2.45) is 7.05 Å². The van der Waals surface area contributed by atoms with Gasteiger partial charge in [0.1, 0.15) is 5.01 Å². The molecule has 2 fully saturated rings. The molecule has 1 unspecified atom stereocenters. The Balaban J connectivity index is 1.30. The summed E-state index contributed by atoms with van der Waals surface area (Å²) in [4.78, 5) is 23.0. The maximum Gasteiger partial charge on any atom is 0.337 e. The number of aliphatic carboxylic acids is 1. The Morgan fingerprint density at radius 3 is 2.38 bits per heavy atom. The third-order valence-electron chi connectivity index (χ3n) is 9.94. The molecule has 7 rings (SSSR count). The SMILES string of the molecule is Cc1cc2nc(-c3ccc4c(c3)c(C3CCN([C@H]5CCN(C)C5)CC3)nn4C)sc2c(-c2ccc(Cl)cc2)c1C(OC(C)(C)C)C(=O)O. The van der Waals surface area contributed by atoms with E-state index in [1.165, 1.54) is 30.6 Å². The Labute approximate surface area is 291 Å². The number of nitrogens with zero attached hydrogens (tertiary/aromatic N) is 5. The minimum Gasteiger partial charge on any atom is -0.479 e. The van der Waals surface area contributed by atoms with Crippen LogP contribution in [0.3, 0.4) is 0 Å². The van der Waals surface area contributed by atoms with Gasteiger partial charge in [0.2, 0.25) is 0 Å². The van der Waals surface area contributed by atoms with E-state index in [0.717, 1.165) is 68.9 Å². The lowest BCUT2D eigenvalue weighted by atomic mass is 9.90. The second kappa shape index (κ2) is 12.8. The van der Waals surface area contributed by atoms with Gasteiger partial charge in [0.15, 0.2) is 6.10 Å². The van der Waals surface area contributed by atoms with E-state index < -0.39 is 17.7 Å². The zero-order chi connectivity index (χ0) is 33.9. The minimum absolute atomic E-state index is 0.423. The van der Waals surface area contributed by atoms with Crippen molar-refractivity contribution in [3.8, 4) is 21.7 Å². The third-order valence-corrected chi connectivity index (χ3v) is 11.3. The Morgan fingerprint density at radius 1 is 1.02 bits per heavy atom. The van der Waals surface area contributed by atoms with Gasteiger partial charge in [-0.2, -0.15) is 5.10 Å². The van der Waals surface area contributed by atoms with E-state index in [2.05, 4.69) is 35.0 Å². The number of hydrogen-bond acceptors (Lipinski definition) is 7. The van der Waals surface area contributed by atoms with Gasteiger partial charge in [-0.15, -0.1) is 11.3 Å². The second-order valence-corrected chi connectivity index (χ2v) is 16.0. The summed E-state index contributed by atoms with van der Waals surface area (Å²) < 4.78 is 9.14. The molecular weight excluding hydrogens is 642 g/mol. The van der Waals surface area contributed by atoms with Gasteiger partial charge >= 0.3 is 5.97 Å². The normalized spacial score (nSPS) is 19.1. The molecule has 2 saturated heterocycles. The van der Waals surface area contributed by atoms with Crippen LogP contribution in [0.2, 0.25) is 5.02 Å². The summed E-state index contributed by atoms with van der Waals surface area (Å²) in [6.07, 6.45) is 2.35. The van der Waals surface area contributed by atoms with Gasteiger partial charge in [-0.25, -0.2) is 9.78 Å². The number of hydrogen-bond donors (Lipinski definition) is 1. The van der Waals surface area contributed by atoms with Crippen molar-refractivity contribution in [1.29, 1.82) is 0 Å². The molecule has 252 valence electrons. The van der Waals surface area contributed by atoms with Gasteiger partial charge in [0, 0.05) is 52.7 Å². The minimum atomic E-state index is -1.15. The van der Waals surface area contributed by atoms with Crippen LogP contribution in [0.15, 0.2) is 48.5 Å². The average molecular weight is 686 g/mol. The number of carboxylic acid groups (broad SMARTS) is 1. The third kappa shape index (κ3) is 6.39. The smallest absolute Gasteiger partial charge is 0.337 e. The number of aromatic nitrogens is 3. The maximum absolute atomic E-state index is 12.7. The molecule has 10 heteroatoms. The molecule has 2 aromatic heterocycles. The number of likely N-dealkylation sites (tertiary alicyclic amines) is 2.